The first kappa shape index (κ1) is 13.6. The number of hydrogen-bond donors (Lipinski definition) is 1. The third-order valence-corrected chi connectivity index (χ3v) is 3.40. The summed E-state index contributed by atoms with van der Waals surface area (Å²) >= 11 is 0. The van der Waals surface area contributed by atoms with Gasteiger partial charge < -0.3 is 19.5 Å². The maximum atomic E-state index is 5.71. The lowest BCUT2D eigenvalue weighted by molar-refractivity contribution is 0.297. The summed E-state index contributed by atoms with van der Waals surface area (Å²) in [5, 5.41) is 3.38. The summed E-state index contributed by atoms with van der Waals surface area (Å²) in [5.41, 5.74) is 2.12. The van der Waals surface area contributed by atoms with Crippen LogP contribution in [0.4, 0.5) is 5.69 Å². The summed E-state index contributed by atoms with van der Waals surface area (Å²) in [5.74, 6) is 2.49. The molecule has 0 saturated heterocycles. The number of rotatable bonds is 4. The normalized spacial score (nSPS) is 13.4. The molecular weight excluding hydrogens is 266 g/mol. The van der Waals surface area contributed by atoms with Crippen LogP contribution in [-0.4, -0.2) is 20.3 Å². The lowest BCUT2D eigenvalue weighted by atomic mass is 10.2. The van der Waals surface area contributed by atoms with E-state index in [0.717, 1.165) is 34.9 Å². The molecular formula is C17H19NO3. The molecule has 1 heterocycles. The van der Waals surface area contributed by atoms with E-state index in [1.54, 1.807) is 7.11 Å². The molecule has 0 aliphatic carbocycles. The molecule has 21 heavy (non-hydrogen) atoms. The Morgan fingerprint density at radius 3 is 2.71 bits per heavy atom. The van der Waals surface area contributed by atoms with Crippen LogP contribution in [0.15, 0.2) is 42.5 Å². The fourth-order valence-electron chi connectivity index (χ4n) is 2.31. The van der Waals surface area contributed by atoms with E-state index in [-0.39, 0.29) is 0 Å². The Morgan fingerprint density at radius 1 is 1.05 bits per heavy atom. The van der Waals surface area contributed by atoms with Crippen molar-refractivity contribution in [2.75, 3.05) is 25.6 Å². The summed E-state index contributed by atoms with van der Waals surface area (Å²) < 4.78 is 16.7. The standard InChI is InChI=1S/C17H19NO3/c1-19-15-6-3-2-5-14(15)18-12-13-7-8-16-17(11-13)21-10-4-9-20-16/h2-3,5-8,11,18H,4,9-10,12H2,1H3. The van der Waals surface area contributed by atoms with E-state index in [1.165, 1.54) is 0 Å². The molecule has 0 unspecified atom stereocenters. The molecule has 0 spiro atoms. The number of ether oxygens (including phenoxy) is 3. The van der Waals surface area contributed by atoms with Gasteiger partial charge in [-0.25, -0.2) is 0 Å². The monoisotopic (exact) mass is 285 g/mol. The highest BCUT2D eigenvalue weighted by Crippen LogP contribution is 2.31. The van der Waals surface area contributed by atoms with E-state index in [2.05, 4.69) is 11.4 Å². The zero-order chi connectivity index (χ0) is 14.5. The van der Waals surface area contributed by atoms with Crippen LogP contribution in [0, 0.1) is 0 Å². The number of anilines is 1. The van der Waals surface area contributed by atoms with Crippen LogP contribution in [0.3, 0.4) is 0 Å². The molecule has 0 aromatic heterocycles. The Kier molecular flexibility index (Phi) is 4.15. The van der Waals surface area contributed by atoms with Gasteiger partial charge in [0.25, 0.3) is 0 Å². The highest BCUT2D eigenvalue weighted by atomic mass is 16.5. The van der Waals surface area contributed by atoms with Gasteiger partial charge in [-0.05, 0) is 29.8 Å². The minimum atomic E-state index is 0.705. The van der Waals surface area contributed by atoms with Crippen molar-refractivity contribution in [3.8, 4) is 17.2 Å². The van der Waals surface area contributed by atoms with Crippen molar-refractivity contribution in [3.05, 3.63) is 48.0 Å². The number of methoxy groups -OCH3 is 1. The van der Waals surface area contributed by atoms with Crippen molar-refractivity contribution >= 4 is 5.69 Å². The maximum absolute atomic E-state index is 5.71. The number of hydrogen-bond acceptors (Lipinski definition) is 4. The van der Waals surface area contributed by atoms with Gasteiger partial charge in [0.15, 0.2) is 11.5 Å². The molecule has 2 aromatic rings. The van der Waals surface area contributed by atoms with Gasteiger partial charge in [-0.3, -0.25) is 0 Å². The van der Waals surface area contributed by atoms with E-state index in [1.807, 2.05) is 36.4 Å². The molecule has 1 aliphatic rings. The summed E-state index contributed by atoms with van der Waals surface area (Å²) in [6.45, 7) is 2.12. The van der Waals surface area contributed by atoms with Gasteiger partial charge in [0.2, 0.25) is 0 Å². The second-order valence-corrected chi connectivity index (χ2v) is 4.89. The van der Waals surface area contributed by atoms with Crippen molar-refractivity contribution in [1.82, 2.24) is 0 Å². The van der Waals surface area contributed by atoms with Gasteiger partial charge in [-0.1, -0.05) is 18.2 Å². The molecule has 0 fully saturated rings. The molecule has 1 N–H and O–H groups in total. The Hall–Kier alpha value is -2.36. The number of nitrogens with one attached hydrogen (secondary N) is 1. The first-order chi connectivity index (χ1) is 10.4. The van der Waals surface area contributed by atoms with Gasteiger partial charge in [0.1, 0.15) is 5.75 Å². The van der Waals surface area contributed by atoms with E-state index in [4.69, 9.17) is 14.2 Å². The average Bonchev–Trinajstić information content (AvgIpc) is 2.78. The molecule has 0 saturated carbocycles. The predicted molar refractivity (Wildman–Crippen MR) is 82.4 cm³/mol. The highest BCUT2D eigenvalue weighted by molar-refractivity contribution is 5.56. The first-order valence-corrected chi connectivity index (χ1v) is 7.12. The molecule has 4 nitrogen and oxygen atoms in total. The van der Waals surface area contributed by atoms with E-state index in [9.17, 15) is 0 Å². The second-order valence-electron chi connectivity index (χ2n) is 4.89. The summed E-state index contributed by atoms with van der Waals surface area (Å²) in [7, 11) is 1.67. The third-order valence-electron chi connectivity index (χ3n) is 3.40. The fourth-order valence-corrected chi connectivity index (χ4v) is 2.31. The van der Waals surface area contributed by atoms with Crippen LogP contribution in [0.25, 0.3) is 0 Å². The van der Waals surface area contributed by atoms with Crippen molar-refractivity contribution < 1.29 is 14.2 Å². The molecule has 0 radical (unpaired) electrons. The topological polar surface area (TPSA) is 39.7 Å². The average molecular weight is 285 g/mol. The van der Waals surface area contributed by atoms with Crippen LogP contribution in [0.5, 0.6) is 17.2 Å². The minimum absolute atomic E-state index is 0.705. The van der Waals surface area contributed by atoms with Crippen LogP contribution < -0.4 is 19.5 Å². The van der Waals surface area contributed by atoms with Crippen molar-refractivity contribution in [2.45, 2.75) is 13.0 Å². The molecule has 0 atom stereocenters. The van der Waals surface area contributed by atoms with Crippen LogP contribution in [0.2, 0.25) is 0 Å². The van der Waals surface area contributed by atoms with E-state index < -0.39 is 0 Å². The SMILES string of the molecule is COc1ccccc1NCc1ccc2c(c1)OCCCO2. The lowest BCUT2D eigenvalue weighted by Gasteiger charge is -2.12. The fraction of sp³-hybridized carbons (Fsp3) is 0.294. The molecule has 4 heteroatoms. The zero-order valence-electron chi connectivity index (χ0n) is 12.1. The minimum Gasteiger partial charge on any atom is -0.495 e. The summed E-state index contributed by atoms with van der Waals surface area (Å²) in [6, 6.07) is 13.9. The largest absolute Gasteiger partial charge is 0.495 e. The lowest BCUT2D eigenvalue weighted by Crippen LogP contribution is -2.02. The van der Waals surface area contributed by atoms with Gasteiger partial charge in [-0.15, -0.1) is 0 Å². The molecule has 1 aliphatic heterocycles. The van der Waals surface area contributed by atoms with Gasteiger partial charge in [-0.2, -0.15) is 0 Å². The Balaban J connectivity index is 1.72. The Morgan fingerprint density at radius 2 is 1.86 bits per heavy atom. The quantitative estimate of drug-likeness (QED) is 0.933. The van der Waals surface area contributed by atoms with Gasteiger partial charge >= 0.3 is 0 Å². The molecule has 3 rings (SSSR count). The number of benzene rings is 2. The smallest absolute Gasteiger partial charge is 0.161 e. The highest BCUT2D eigenvalue weighted by Gasteiger charge is 2.10. The first-order valence-electron chi connectivity index (χ1n) is 7.12. The summed E-state index contributed by atoms with van der Waals surface area (Å²) in [6.07, 6.45) is 0.920. The second kappa shape index (κ2) is 6.39. The number of fused-ring (bicyclic) bond motifs is 1. The Labute approximate surface area is 124 Å². The van der Waals surface area contributed by atoms with Crippen LogP contribution in [0.1, 0.15) is 12.0 Å². The maximum Gasteiger partial charge on any atom is 0.161 e. The molecule has 110 valence electrons. The van der Waals surface area contributed by atoms with Crippen molar-refractivity contribution in [3.63, 3.8) is 0 Å². The number of para-hydroxylation sites is 2. The molecule has 0 bridgehead atoms. The van der Waals surface area contributed by atoms with Gasteiger partial charge in [0.05, 0.1) is 26.0 Å². The Bertz CT molecular complexity index is 613. The summed E-state index contributed by atoms with van der Waals surface area (Å²) in [4.78, 5) is 0. The van der Waals surface area contributed by atoms with Crippen LogP contribution in [-0.2, 0) is 6.54 Å². The van der Waals surface area contributed by atoms with Crippen LogP contribution >= 0.6 is 0 Å². The third kappa shape index (κ3) is 3.21. The van der Waals surface area contributed by atoms with E-state index >= 15 is 0 Å². The predicted octanol–water partition coefficient (Wildman–Crippen LogP) is 3.47. The molecule has 0 amide bonds. The zero-order valence-corrected chi connectivity index (χ0v) is 12.1. The van der Waals surface area contributed by atoms with E-state index in [0.29, 0.717) is 19.8 Å². The van der Waals surface area contributed by atoms with Gasteiger partial charge in [0, 0.05) is 13.0 Å². The van der Waals surface area contributed by atoms with Crippen molar-refractivity contribution in [2.24, 2.45) is 0 Å². The van der Waals surface area contributed by atoms with Crippen molar-refractivity contribution in [1.29, 1.82) is 0 Å². The molecule has 2 aromatic carbocycles.